The van der Waals surface area contributed by atoms with E-state index in [9.17, 15) is 9.18 Å². The molecule has 1 aromatic heterocycles. The number of amides is 1. The van der Waals surface area contributed by atoms with Crippen molar-refractivity contribution in [2.45, 2.75) is 24.7 Å². The third-order valence-electron chi connectivity index (χ3n) is 4.45. The number of thiazole rings is 1. The van der Waals surface area contributed by atoms with Crippen LogP contribution in [0.2, 0.25) is 0 Å². The van der Waals surface area contributed by atoms with Crippen LogP contribution in [0.3, 0.4) is 0 Å². The second-order valence-corrected chi connectivity index (χ2v) is 9.40. The SMILES string of the molecule is Cc1ccc2nc(N(CCCN(C)C)C(=O)CCSc3ccc(F)cc3)sc2c1. The first-order valence-corrected chi connectivity index (χ1v) is 11.4. The largest absolute Gasteiger partial charge is 0.309 e. The van der Waals surface area contributed by atoms with Crippen molar-refractivity contribution in [3.63, 3.8) is 0 Å². The van der Waals surface area contributed by atoms with Crippen molar-refractivity contribution >= 4 is 44.4 Å². The van der Waals surface area contributed by atoms with E-state index in [1.54, 1.807) is 35.2 Å². The summed E-state index contributed by atoms with van der Waals surface area (Å²) in [6.45, 7) is 3.63. The van der Waals surface area contributed by atoms with E-state index in [1.165, 1.54) is 17.7 Å². The highest BCUT2D eigenvalue weighted by atomic mass is 32.2. The minimum atomic E-state index is -0.247. The Morgan fingerprint density at radius 3 is 2.62 bits per heavy atom. The highest BCUT2D eigenvalue weighted by Gasteiger charge is 2.19. The van der Waals surface area contributed by atoms with Crippen LogP contribution < -0.4 is 4.90 Å². The highest BCUT2D eigenvalue weighted by molar-refractivity contribution is 7.99. The summed E-state index contributed by atoms with van der Waals surface area (Å²) in [5.74, 6) is 0.483. The summed E-state index contributed by atoms with van der Waals surface area (Å²) < 4.78 is 14.1. The van der Waals surface area contributed by atoms with E-state index in [1.807, 2.05) is 31.1 Å². The smallest absolute Gasteiger partial charge is 0.229 e. The average molecular weight is 432 g/mol. The van der Waals surface area contributed by atoms with Gasteiger partial charge in [0.15, 0.2) is 5.13 Å². The number of nitrogens with zero attached hydrogens (tertiary/aromatic N) is 3. The summed E-state index contributed by atoms with van der Waals surface area (Å²) in [6.07, 6.45) is 1.30. The molecule has 0 aliphatic carbocycles. The predicted octanol–water partition coefficient (Wildman–Crippen LogP) is 5.21. The molecule has 154 valence electrons. The molecule has 3 rings (SSSR count). The molecule has 0 saturated heterocycles. The highest BCUT2D eigenvalue weighted by Crippen LogP contribution is 2.30. The lowest BCUT2D eigenvalue weighted by molar-refractivity contribution is -0.118. The Bertz CT molecular complexity index is 956. The summed E-state index contributed by atoms with van der Waals surface area (Å²) >= 11 is 3.14. The minimum absolute atomic E-state index is 0.0779. The normalized spacial score (nSPS) is 11.3. The van der Waals surface area contributed by atoms with Crippen LogP contribution in [-0.4, -0.2) is 48.7 Å². The number of carbonyl (C=O) groups is 1. The van der Waals surface area contributed by atoms with E-state index in [0.29, 0.717) is 18.7 Å². The Labute approximate surface area is 179 Å². The van der Waals surface area contributed by atoms with Crippen molar-refractivity contribution in [3.8, 4) is 0 Å². The van der Waals surface area contributed by atoms with Gasteiger partial charge in [0.25, 0.3) is 0 Å². The van der Waals surface area contributed by atoms with Crippen LogP contribution in [0.1, 0.15) is 18.4 Å². The Kier molecular flexibility index (Phi) is 7.64. The molecule has 29 heavy (non-hydrogen) atoms. The first kappa shape index (κ1) is 21.7. The monoisotopic (exact) mass is 431 g/mol. The summed E-state index contributed by atoms with van der Waals surface area (Å²) in [6, 6.07) is 12.6. The van der Waals surface area contributed by atoms with E-state index >= 15 is 0 Å². The number of benzene rings is 2. The van der Waals surface area contributed by atoms with Gasteiger partial charge in [0.2, 0.25) is 5.91 Å². The van der Waals surface area contributed by atoms with Crippen molar-refractivity contribution in [1.82, 2.24) is 9.88 Å². The van der Waals surface area contributed by atoms with Crippen LogP contribution >= 0.6 is 23.1 Å². The molecule has 0 saturated carbocycles. The molecule has 0 spiro atoms. The molecular formula is C22H26FN3OS2. The van der Waals surface area contributed by atoms with Gasteiger partial charge in [0, 0.05) is 23.6 Å². The Balaban J connectivity index is 1.69. The number of hydrogen-bond acceptors (Lipinski definition) is 5. The van der Waals surface area contributed by atoms with Crippen LogP contribution in [0.4, 0.5) is 9.52 Å². The lowest BCUT2D eigenvalue weighted by atomic mass is 10.2. The number of thioether (sulfide) groups is 1. The van der Waals surface area contributed by atoms with Crippen molar-refractivity contribution in [2.75, 3.05) is 37.8 Å². The van der Waals surface area contributed by atoms with Gasteiger partial charge < -0.3 is 4.90 Å². The molecule has 7 heteroatoms. The van der Waals surface area contributed by atoms with Gasteiger partial charge >= 0.3 is 0 Å². The van der Waals surface area contributed by atoms with Gasteiger partial charge in [0.1, 0.15) is 5.82 Å². The van der Waals surface area contributed by atoms with Crippen LogP contribution in [-0.2, 0) is 4.79 Å². The molecule has 1 heterocycles. The second kappa shape index (κ2) is 10.2. The van der Waals surface area contributed by atoms with Gasteiger partial charge in [-0.05, 0) is 75.9 Å². The lowest BCUT2D eigenvalue weighted by Crippen LogP contribution is -2.33. The zero-order valence-corrected chi connectivity index (χ0v) is 18.7. The summed E-state index contributed by atoms with van der Waals surface area (Å²) in [7, 11) is 4.07. The number of carbonyl (C=O) groups excluding carboxylic acids is 1. The van der Waals surface area contributed by atoms with Gasteiger partial charge in [-0.25, -0.2) is 9.37 Å². The van der Waals surface area contributed by atoms with Crippen molar-refractivity contribution in [2.24, 2.45) is 0 Å². The molecule has 0 unspecified atom stereocenters. The Morgan fingerprint density at radius 2 is 1.90 bits per heavy atom. The second-order valence-electron chi connectivity index (χ2n) is 7.22. The molecule has 2 aromatic carbocycles. The quantitative estimate of drug-likeness (QED) is 0.436. The van der Waals surface area contributed by atoms with Gasteiger partial charge in [0.05, 0.1) is 10.2 Å². The maximum absolute atomic E-state index is 13.0. The van der Waals surface area contributed by atoms with Crippen LogP contribution in [0.15, 0.2) is 47.4 Å². The Hall–Kier alpha value is -1.96. The van der Waals surface area contributed by atoms with E-state index in [-0.39, 0.29) is 11.7 Å². The number of hydrogen-bond donors (Lipinski definition) is 0. The van der Waals surface area contributed by atoms with E-state index in [0.717, 1.165) is 33.2 Å². The topological polar surface area (TPSA) is 36.4 Å². The van der Waals surface area contributed by atoms with Gasteiger partial charge in [-0.2, -0.15) is 0 Å². The van der Waals surface area contributed by atoms with Crippen LogP contribution in [0.25, 0.3) is 10.2 Å². The minimum Gasteiger partial charge on any atom is -0.309 e. The summed E-state index contributed by atoms with van der Waals surface area (Å²) in [5, 5.41) is 0.765. The van der Waals surface area contributed by atoms with Crippen molar-refractivity contribution in [1.29, 1.82) is 0 Å². The molecule has 1 amide bonds. The Morgan fingerprint density at radius 1 is 1.14 bits per heavy atom. The third-order valence-corrected chi connectivity index (χ3v) is 6.50. The first-order chi connectivity index (χ1) is 13.9. The zero-order valence-electron chi connectivity index (χ0n) is 17.0. The lowest BCUT2D eigenvalue weighted by Gasteiger charge is -2.21. The summed E-state index contributed by atoms with van der Waals surface area (Å²) in [4.78, 5) is 22.6. The predicted molar refractivity (Wildman–Crippen MR) is 122 cm³/mol. The third kappa shape index (κ3) is 6.26. The number of fused-ring (bicyclic) bond motifs is 1. The fourth-order valence-electron chi connectivity index (χ4n) is 2.93. The molecule has 4 nitrogen and oxygen atoms in total. The van der Waals surface area contributed by atoms with Gasteiger partial charge in [-0.1, -0.05) is 17.4 Å². The van der Waals surface area contributed by atoms with E-state index < -0.39 is 0 Å². The molecule has 0 fully saturated rings. The maximum atomic E-state index is 13.0. The van der Waals surface area contributed by atoms with Gasteiger partial charge in [-0.15, -0.1) is 11.8 Å². The molecule has 3 aromatic rings. The fraction of sp³-hybridized carbons (Fsp3) is 0.364. The molecule has 0 bridgehead atoms. The van der Waals surface area contributed by atoms with E-state index in [2.05, 4.69) is 17.9 Å². The van der Waals surface area contributed by atoms with Crippen molar-refractivity contribution < 1.29 is 9.18 Å². The standard InChI is InChI=1S/C22H26FN3OS2/c1-16-5-10-19-20(15-16)29-22(24-19)26(13-4-12-25(2)3)21(27)11-14-28-18-8-6-17(23)7-9-18/h5-10,15H,4,11-14H2,1-3H3. The summed E-state index contributed by atoms with van der Waals surface area (Å²) in [5.41, 5.74) is 2.12. The fourth-order valence-corrected chi connectivity index (χ4v) is 4.88. The van der Waals surface area contributed by atoms with Crippen LogP contribution in [0.5, 0.6) is 0 Å². The molecule has 0 radical (unpaired) electrons. The van der Waals surface area contributed by atoms with Gasteiger partial charge in [-0.3, -0.25) is 9.69 Å². The van der Waals surface area contributed by atoms with E-state index in [4.69, 9.17) is 4.98 Å². The number of aromatic nitrogens is 1. The maximum Gasteiger partial charge on any atom is 0.229 e. The molecule has 0 aliphatic heterocycles. The molecule has 0 N–H and O–H groups in total. The average Bonchev–Trinajstić information content (AvgIpc) is 3.09. The number of rotatable bonds is 9. The zero-order chi connectivity index (χ0) is 20.8. The molecule has 0 aliphatic rings. The molecular weight excluding hydrogens is 405 g/mol. The first-order valence-electron chi connectivity index (χ1n) is 9.63. The van der Waals surface area contributed by atoms with Crippen molar-refractivity contribution in [3.05, 3.63) is 53.8 Å². The number of aryl methyl sites for hydroxylation is 1. The number of halogens is 1. The number of anilines is 1. The molecule has 0 atom stereocenters. The van der Waals surface area contributed by atoms with Crippen LogP contribution in [0, 0.1) is 12.7 Å².